The van der Waals surface area contributed by atoms with E-state index in [-0.39, 0.29) is 28.5 Å². The normalized spacial score (nSPS) is 17.3. The van der Waals surface area contributed by atoms with Gasteiger partial charge in [-0.1, -0.05) is 45.0 Å². The first-order valence-electron chi connectivity index (χ1n) is 17.6. The summed E-state index contributed by atoms with van der Waals surface area (Å²) in [4.78, 5) is 37.2. The Morgan fingerprint density at radius 3 is 2.29 bits per heavy atom. The monoisotopic (exact) mass is 688 g/mol. The fraction of sp³-hybridized carbons (Fsp3) is 0.415. The van der Waals surface area contributed by atoms with Crippen LogP contribution >= 0.6 is 0 Å². The highest BCUT2D eigenvalue weighted by molar-refractivity contribution is 5.98. The van der Waals surface area contributed by atoms with Crippen molar-refractivity contribution in [2.75, 3.05) is 46.9 Å². The highest BCUT2D eigenvalue weighted by Gasteiger charge is 2.32. The van der Waals surface area contributed by atoms with Crippen molar-refractivity contribution in [3.05, 3.63) is 99.2 Å². The SMILES string of the molecule is COc1cc(-c2cn(C)c(=O)c3cnccc23)cc(OC)c1CN1CCN(Cc2cccc3c2CCN(C(=O)/C(C#N)=C/C(C)(C)C)C3C)CC1. The van der Waals surface area contributed by atoms with Gasteiger partial charge in [-0.05, 0) is 64.6 Å². The standard InChI is InChI=1S/C41H48N6O4/c1-27-31-10-8-9-28(32(31)12-14-47(27)39(48)30(22-42)21-41(2,3)4)24-45-15-17-46(18-16-45)26-36-37(50-6)19-29(20-38(36)51-7)35-25-44(5)40(49)34-23-43-13-11-33(34)35/h8-11,13,19-21,23,25,27H,12,14-18,24,26H2,1-7H3/b30-21+. The van der Waals surface area contributed by atoms with E-state index in [1.807, 2.05) is 50.1 Å². The molecule has 2 aliphatic heterocycles. The van der Waals surface area contributed by atoms with Crippen molar-refractivity contribution in [2.45, 2.75) is 53.2 Å². The molecule has 0 aliphatic carbocycles. The predicted molar refractivity (Wildman–Crippen MR) is 200 cm³/mol. The number of carbonyl (C=O) groups excluding carboxylic acids is 1. The lowest BCUT2D eigenvalue weighted by atomic mass is 9.88. The number of ether oxygens (including phenoxy) is 2. The number of hydrogen-bond donors (Lipinski definition) is 0. The number of nitriles is 1. The molecule has 1 saturated heterocycles. The number of carbonyl (C=O) groups is 1. The van der Waals surface area contributed by atoms with Crippen molar-refractivity contribution in [3.63, 3.8) is 0 Å². The second-order valence-corrected chi connectivity index (χ2v) is 14.7. The van der Waals surface area contributed by atoms with Crippen LogP contribution in [0.4, 0.5) is 0 Å². The van der Waals surface area contributed by atoms with Gasteiger partial charge in [0.25, 0.3) is 11.5 Å². The number of methoxy groups -OCH3 is 2. The van der Waals surface area contributed by atoms with Crippen LogP contribution in [0.25, 0.3) is 21.9 Å². The van der Waals surface area contributed by atoms with Crippen LogP contribution < -0.4 is 15.0 Å². The van der Waals surface area contributed by atoms with Crippen molar-refractivity contribution >= 4 is 16.7 Å². The van der Waals surface area contributed by atoms with Gasteiger partial charge >= 0.3 is 0 Å². The van der Waals surface area contributed by atoms with E-state index in [0.717, 1.165) is 72.7 Å². The molecule has 0 saturated carbocycles. The van der Waals surface area contributed by atoms with Gasteiger partial charge in [0.15, 0.2) is 0 Å². The van der Waals surface area contributed by atoms with E-state index >= 15 is 0 Å². The fourth-order valence-corrected chi connectivity index (χ4v) is 7.51. The van der Waals surface area contributed by atoms with Crippen LogP contribution in [0, 0.1) is 16.7 Å². The first kappa shape index (κ1) is 35.8. The fourth-order valence-electron chi connectivity index (χ4n) is 7.51. The molecule has 2 aromatic carbocycles. The van der Waals surface area contributed by atoms with Gasteiger partial charge in [-0.3, -0.25) is 24.4 Å². The summed E-state index contributed by atoms with van der Waals surface area (Å²) in [7, 11) is 5.12. The number of hydrogen-bond acceptors (Lipinski definition) is 8. The third-order valence-corrected chi connectivity index (χ3v) is 10.2. The number of nitrogens with zero attached hydrogens (tertiary/aromatic N) is 6. The van der Waals surface area contributed by atoms with Crippen molar-refractivity contribution < 1.29 is 14.3 Å². The van der Waals surface area contributed by atoms with Crippen LogP contribution in [0.1, 0.15) is 56.0 Å². The van der Waals surface area contributed by atoms with E-state index in [1.165, 1.54) is 16.7 Å². The number of aromatic nitrogens is 2. The number of piperazine rings is 1. The molecule has 1 fully saturated rings. The van der Waals surface area contributed by atoms with Gasteiger partial charge in [0.05, 0.1) is 31.2 Å². The number of aryl methyl sites for hydroxylation is 1. The van der Waals surface area contributed by atoms with Crippen LogP contribution in [0.5, 0.6) is 11.5 Å². The Morgan fingerprint density at radius 1 is 1.00 bits per heavy atom. The van der Waals surface area contributed by atoms with Gasteiger partial charge in [0.2, 0.25) is 0 Å². The van der Waals surface area contributed by atoms with Gasteiger partial charge in [-0.2, -0.15) is 5.26 Å². The van der Waals surface area contributed by atoms with E-state index in [2.05, 4.69) is 46.0 Å². The Balaban J connectivity index is 1.15. The molecule has 4 heterocycles. The van der Waals surface area contributed by atoms with Gasteiger partial charge in [-0.25, -0.2) is 0 Å². The van der Waals surface area contributed by atoms with Crippen molar-refractivity contribution in [2.24, 2.45) is 12.5 Å². The molecule has 266 valence electrons. The smallest absolute Gasteiger partial charge is 0.264 e. The third kappa shape index (κ3) is 7.41. The molecule has 10 heteroatoms. The second kappa shape index (κ2) is 14.7. The summed E-state index contributed by atoms with van der Waals surface area (Å²) in [5.74, 6) is 1.31. The van der Waals surface area contributed by atoms with E-state index in [0.29, 0.717) is 18.5 Å². The summed E-state index contributed by atoms with van der Waals surface area (Å²) in [5, 5.41) is 11.2. The zero-order valence-corrected chi connectivity index (χ0v) is 30.8. The lowest BCUT2D eigenvalue weighted by molar-refractivity contribution is -0.129. The average molecular weight is 689 g/mol. The molecule has 1 atom stereocenters. The number of fused-ring (bicyclic) bond motifs is 2. The molecule has 1 unspecified atom stereocenters. The number of benzene rings is 2. The molecule has 10 nitrogen and oxygen atoms in total. The third-order valence-electron chi connectivity index (χ3n) is 10.2. The number of allylic oxidation sites excluding steroid dienone is 1. The second-order valence-electron chi connectivity index (χ2n) is 14.7. The molecule has 0 radical (unpaired) electrons. The lowest BCUT2D eigenvalue weighted by Gasteiger charge is -2.38. The predicted octanol–water partition coefficient (Wildman–Crippen LogP) is 5.88. The Kier molecular flexibility index (Phi) is 10.3. The Hall–Kier alpha value is -4.98. The molecule has 1 amide bonds. The summed E-state index contributed by atoms with van der Waals surface area (Å²) in [6.07, 6.45) is 7.73. The van der Waals surface area contributed by atoms with Crippen LogP contribution in [0.2, 0.25) is 0 Å². The number of amides is 1. The first-order valence-corrected chi connectivity index (χ1v) is 17.6. The van der Waals surface area contributed by atoms with E-state index in [4.69, 9.17) is 9.47 Å². The molecular formula is C41H48N6O4. The van der Waals surface area contributed by atoms with Crippen LogP contribution in [-0.2, 0) is 31.4 Å². The number of pyridine rings is 2. The zero-order chi connectivity index (χ0) is 36.4. The summed E-state index contributed by atoms with van der Waals surface area (Å²) in [6.45, 7) is 13.9. The highest BCUT2D eigenvalue weighted by Crippen LogP contribution is 2.38. The van der Waals surface area contributed by atoms with Crippen molar-refractivity contribution in [1.82, 2.24) is 24.3 Å². The van der Waals surface area contributed by atoms with Crippen molar-refractivity contribution in [3.8, 4) is 28.7 Å². The maximum absolute atomic E-state index is 13.4. The van der Waals surface area contributed by atoms with E-state index in [1.54, 1.807) is 44.3 Å². The Bertz CT molecular complexity index is 2060. The largest absolute Gasteiger partial charge is 0.496 e. The molecule has 0 bridgehead atoms. The minimum absolute atomic E-state index is 0.0868. The van der Waals surface area contributed by atoms with Crippen molar-refractivity contribution in [1.29, 1.82) is 5.26 Å². The molecule has 51 heavy (non-hydrogen) atoms. The maximum Gasteiger partial charge on any atom is 0.264 e. The van der Waals surface area contributed by atoms with Crippen LogP contribution in [0.3, 0.4) is 0 Å². The topological polar surface area (TPSA) is 104 Å². The summed E-state index contributed by atoms with van der Waals surface area (Å²) < 4.78 is 13.5. The lowest BCUT2D eigenvalue weighted by Crippen LogP contribution is -2.45. The van der Waals surface area contributed by atoms with E-state index < -0.39 is 0 Å². The average Bonchev–Trinajstić information content (AvgIpc) is 3.12. The van der Waals surface area contributed by atoms with Gasteiger partial charge in [0, 0.05) is 77.0 Å². The molecule has 0 spiro atoms. The molecule has 2 aliphatic rings. The molecule has 4 aromatic rings. The quantitative estimate of drug-likeness (QED) is 0.167. The van der Waals surface area contributed by atoms with Gasteiger partial charge in [-0.15, -0.1) is 0 Å². The van der Waals surface area contributed by atoms with Crippen LogP contribution in [0.15, 0.2) is 71.4 Å². The van der Waals surface area contributed by atoms with E-state index in [9.17, 15) is 14.9 Å². The Labute approximate surface area is 300 Å². The number of rotatable bonds is 8. The molecule has 2 aromatic heterocycles. The molecule has 6 rings (SSSR count). The van der Waals surface area contributed by atoms with Gasteiger partial charge in [0.1, 0.15) is 23.1 Å². The summed E-state index contributed by atoms with van der Waals surface area (Å²) in [5.41, 5.74) is 6.50. The minimum Gasteiger partial charge on any atom is -0.496 e. The zero-order valence-electron chi connectivity index (χ0n) is 30.8. The van der Waals surface area contributed by atoms with Gasteiger partial charge < -0.3 is 18.9 Å². The molecule has 0 N–H and O–H groups in total. The Morgan fingerprint density at radius 2 is 1.67 bits per heavy atom. The maximum atomic E-state index is 13.4. The highest BCUT2D eigenvalue weighted by atomic mass is 16.5. The van der Waals surface area contributed by atoms with Crippen LogP contribution in [-0.4, -0.2) is 77.1 Å². The summed E-state index contributed by atoms with van der Waals surface area (Å²) >= 11 is 0. The summed E-state index contributed by atoms with van der Waals surface area (Å²) in [6, 6.07) is 14.4. The minimum atomic E-state index is -0.253. The first-order chi connectivity index (χ1) is 24.4. The molecular weight excluding hydrogens is 640 g/mol.